The number of aromatic hydroxyl groups is 1. The van der Waals surface area contributed by atoms with E-state index in [-0.39, 0.29) is 5.75 Å². The number of aromatic nitrogens is 2. The molecule has 0 fully saturated rings. The van der Waals surface area contributed by atoms with E-state index in [4.69, 9.17) is 23.2 Å². The Morgan fingerprint density at radius 3 is 2.57 bits per heavy atom. The van der Waals surface area contributed by atoms with Crippen LogP contribution >= 0.6 is 23.2 Å². The van der Waals surface area contributed by atoms with Crippen molar-refractivity contribution in [3.63, 3.8) is 0 Å². The van der Waals surface area contributed by atoms with Crippen LogP contribution in [0.4, 0.5) is 0 Å². The number of hydrogen-bond acceptors (Lipinski definition) is 2. The summed E-state index contributed by atoms with van der Waals surface area (Å²) < 4.78 is 2.08. The third-order valence-corrected chi connectivity index (χ3v) is 3.83. The number of nitrogens with zero attached hydrogens (tertiary/aromatic N) is 2. The lowest BCUT2D eigenvalue weighted by molar-refractivity contribution is 0.476. The van der Waals surface area contributed by atoms with Gasteiger partial charge in [-0.25, -0.2) is 4.98 Å². The summed E-state index contributed by atoms with van der Waals surface area (Å²) in [7, 11) is 0. The minimum atomic E-state index is 0.165. The summed E-state index contributed by atoms with van der Waals surface area (Å²) in [6.45, 7) is 2.91. The molecular formula is C16H14Cl2N2O. The predicted octanol–water partition coefficient (Wildman–Crippen LogP) is 5.13. The first kappa shape index (κ1) is 14.2. The highest BCUT2D eigenvalue weighted by atomic mass is 35.5. The van der Waals surface area contributed by atoms with Crippen molar-refractivity contribution in [1.29, 1.82) is 0 Å². The first-order valence-electron chi connectivity index (χ1n) is 6.75. The van der Waals surface area contributed by atoms with E-state index in [9.17, 15) is 5.11 Å². The number of halogens is 2. The van der Waals surface area contributed by atoms with E-state index in [1.54, 1.807) is 18.2 Å². The summed E-state index contributed by atoms with van der Waals surface area (Å²) >= 11 is 12.1. The Kier molecular flexibility index (Phi) is 3.79. The van der Waals surface area contributed by atoms with Gasteiger partial charge >= 0.3 is 0 Å². The molecule has 0 bridgehead atoms. The van der Waals surface area contributed by atoms with E-state index >= 15 is 0 Å². The largest absolute Gasteiger partial charge is 0.507 e. The fourth-order valence-corrected chi connectivity index (χ4v) is 2.78. The quantitative estimate of drug-likeness (QED) is 0.726. The van der Waals surface area contributed by atoms with Crippen molar-refractivity contribution >= 4 is 34.2 Å². The van der Waals surface area contributed by atoms with E-state index in [1.807, 2.05) is 18.2 Å². The minimum Gasteiger partial charge on any atom is -0.507 e. The smallest absolute Gasteiger partial charge is 0.144 e. The first-order chi connectivity index (χ1) is 10.1. The van der Waals surface area contributed by atoms with Crippen molar-refractivity contribution in [2.75, 3.05) is 0 Å². The lowest BCUT2D eigenvalue weighted by Gasteiger charge is -2.09. The van der Waals surface area contributed by atoms with Crippen LogP contribution in [0.3, 0.4) is 0 Å². The van der Waals surface area contributed by atoms with Gasteiger partial charge in [-0.1, -0.05) is 30.1 Å². The zero-order valence-corrected chi connectivity index (χ0v) is 13.0. The van der Waals surface area contributed by atoms with E-state index in [0.29, 0.717) is 21.4 Å². The molecular weight excluding hydrogens is 307 g/mol. The van der Waals surface area contributed by atoms with Crippen LogP contribution in [0.15, 0.2) is 36.4 Å². The predicted molar refractivity (Wildman–Crippen MR) is 87.1 cm³/mol. The molecule has 3 rings (SSSR count). The summed E-state index contributed by atoms with van der Waals surface area (Å²) in [6.07, 6.45) is 0.961. The van der Waals surface area contributed by atoms with Crippen molar-refractivity contribution in [3.05, 3.63) is 46.4 Å². The lowest BCUT2D eigenvalue weighted by atomic mass is 10.2. The molecule has 0 spiro atoms. The number of phenolic OH excluding ortho intramolecular Hbond substituents is 1. The van der Waals surface area contributed by atoms with Gasteiger partial charge in [0.15, 0.2) is 0 Å². The maximum absolute atomic E-state index is 10.1. The van der Waals surface area contributed by atoms with Gasteiger partial charge in [0.25, 0.3) is 0 Å². The monoisotopic (exact) mass is 320 g/mol. The summed E-state index contributed by atoms with van der Waals surface area (Å²) in [5, 5.41) is 11.3. The van der Waals surface area contributed by atoms with Crippen molar-refractivity contribution < 1.29 is 5.11 Å². The van der Waals surface area contributed by atoms with Crippen LogP contribution in [-0.4, -0.2) is 14.7 Å². The number of benzene rings is 2. The Hall–Kier alpha value is -1.71. The molecule has 1 aromatic heterocycles. The molecule has 0 amide bonds. The Labute approximate surface area is 132 Å². The molecule has 0 aliphatic carbocycles. The number of rotatable bonds is 3. The number of imidazole rings is 1. The van der Waals surface area contributed by atoms with Crippen LogP contribution in [0.25, 0.3) is 22.4 Å². The minimum absolute atomic E-state index is 0.165. The number of hydrogen-bond donors (Lipinski definition) is 1. The molecule has 108 valence electrons. The second kappa shape index (κ2) is 5.58. The van der Waals surface area contributed by atoms with Crippen LogP contribution in [-0.2, 0) is 6.54 Å². The van der Waals surface area contributed by atoms with Crippen LogP contribution in [0.5, 0.6) is 5.75 Å². The zero-order valence-electron chi connectivity index (χ0n) is 11.5. The molecule has 0 aliphatic rings. The molecule has 3 aromatic rings. The van der Waals surface area contributed by atoms with E-state index in [1.165, 1.54) is 0 Å². The van der Waals surface area contributed by atoms with Gasteiger partial charge in [0.2, 0.25) is 0 Å². The molecule has 5 heteroatoms. The molecule has 1 N–H and O–H groups in total. The molecule has 0 saturated carbocycles. The highest BCUT2D eigenvalue weighted by Gasteiger charge is 2.15. The number of aryl methyl sites for hydroxylation is 1. The number of fused-ring (bicyclic) bond motifs is 1. The van der Waals surface area contributed by atoms with E-state index < -0.39 is 0 Å². The fourth-order valence-electron chi connectivity index (χ4n) is 2.45. The molecule has 1 heterocycles. The third-order valence-electron chi connectivity index (χ3n) is 3.36. The maximum atomic E-state index is 10.1. The van der Waals surface area contributed by atoms with Crippen molar-refractivity contribution in [3.8, 4) is 17.1 Å². The molecule has 0 saturated heterocycles. The second-order valence-electron chi connectivity index (χ2n) is 4.88. The maximum Gasteiger partial charge on any atom is 0.144 e. The zero-order chi connectivity index (χ0) is 15.0. The van der Waals surface area contributed by atoms with Crippen LogP contribution in [0, 0.1) is 0 Å². The van der Waals surface area contributed by atoms with E-state index in [0.717, 1.165) is 24.0 Å². The van der Waals surface area contributed by atoms with Gasteiger partial charge in [-0.2, -0.15) is 0 Å². The van der Waals surface area contributed by atoms with Crippen molar-refractivity contribution in [2.24, 2.45) is 0 Å². The normalized spacial score (nSPS) is 11.2. The van der Waals surface area contributed by atoms with Crippen molar-refractivity contribution in [1.82, 2.24) is 9.55 Å². The fraction of sp³-hybridized carbons (Fsp3) is 0.188. The van der Waals surface area contributed by atoms with Crippen molar-refractivity contribution in [2.45, 2.75) is 19.9 Å². The van der Waals surface area contributed by atoms with Crippen LogP contribution in [0.2, 0.25) is 10.0 Å². The first-order valence-corrected chi connectivity index (χ1v) is 7.50. The van der Waals surface area contributed by atoms with Gasteiger partial charge in [-0.05, 0) is 42.8 Å². The Morgan fingerprint density at radius 1 is 1.10 bits per heavy atom. The van der Waals surface area contributed by atoms with Crippen LogP contribution in [0.1, 0.15) is 13.3 Å². The third kappa shape index (κ3) is 2.59. The average molecular weight is 321 g/mol. The molecule has 2 aromatic carbocycles. The number of phenols is 1. The van der Waals surface area contributed by atoms with Gasteiger partial charge in [0.1, 0.15) is 11.6 Å². The average Bonchev–Trinajstić information content (AvgIpc) is 2.80. The second-order valence-corrected chi connectivity index (χ2v) is 5.75. The summed E-state index contributed by atoms with van der Waals surface area (Å²) in [6, 6.07) is 10.6. The molecule has 21 heavy (non-hydrogen) atoms. The summed E-state index contributed by atoms with van der Waals surface area (Å²) in [5.74, 6) is 0.868. The Morgan fingerprint density at radius 2 is 1.81 bits per heavy atom. The molecule has 0 radical (unpaired) electrons. The lowest BCUT2D eigenvalue weighted by Crippen LogP contribution is -1.99. The van der Waals surface area contributed by atoms with Gasteiger partial charge in [0, 0.05) is 16.6 Å². The highest BCUT2D eigenvalue weighted by molar-refractivity contribution is 6.31. The molecule has 0 aliphatic heterocycles. The molecule has 0 atom stereocenters. The molecule has 0 unspecified atom stereocenters. The highest BCUT2D eigenvalue weighted by Crippen LogP contribution is 2.34. The summed E-state index contributed by atoms with van der Waals surface area (Å²) in [5.41, 5.74) is 2.43. The van der Waals surface area contributed by atoms with Gasteiger partial charge in [-0.3, -0.25) is 0 Å². The van der Waals surface area contributed by atoms with Gasteiger partial charge in [0.05, 0.1) is 16.6 Å². The van der Waals surface area contributed by atoms with Gasteiger partial charge < -0.3 is 9.67 Å². The Bertz CT molecular complexity index is 811. The summed E-state index contributed by atoms with van der Waals surface area (Å²) in [4.78, 5) is 4.62. The SMILES string of the molecule is CCCn1c(-c2cc(Cl)ccc2O)nc2cc(Cl)ccc21. The van der Waals surface area contributed by atoms with E-state index in [2.05, 4.69) is 16.5 Å². The molecule has 3 nitrogen and oxygen atoms in total. The van der Waals surface area contributed by atoms with Gasteiger partial charge in [-0.15, -0.1) is 0 Å². The standard InChI is InChI=1S/C16H14Cl2N2O/c1-2-7-20-14-5-3-11(18)9-13(14)19-16(20)12-8-10(17)4-6-15(12)21/h3-6,8-9,21H,2,7H2,1H3. The van der Waals surface area contributed by atoms with Crippen LogP contribution < -0.4 is 0 Å². The topological polar surface area (TPSA) is 38.0 Å². The Balaban J connectivity index is 2.30.